The summed E-state index contributed by atoms with van der Waals surface area (Å²) in [6, 6.07) is 0.275. The highest BCUT2D eigenvalue weighted by molar-refractivity contribution is 4.85. The topological polar surface area (TPSA) is 68.2 Å². The van der Waals surface area contributed by atoms with Crippen LogP contribution in [-0.2, 0) is 13.0 Å². The molecule has 0 bridgehead atoms. The molecule has 2 unspecified atom stereocenters. The molecule has 2 N–H and O–H groups in total. The second kappa shape index (κ2) is 4.93. The Bertz CT molecular complexity index is 328. The first-order valence-corrected chi connectivity index (χ1v) is 5.96. The molecule has 2 atom stereocenters. The number of aryl methyl sites for hydroxylation is 1. The maximum atomic E-state index is 5.99. The molecule has 2 heterocycles. The number of nitrogens with zero attached hydrogens (tertiary/aromatic N) is 3. The third kappa shape index (κ3) is 2.80. The van der Waals surface area contributed by atoms with Gasteiger partial charge in [0.15, 0.2) is 0 Å². The van der Waals surface area contributed by atoms with Gasteiger partial charge < -0.3 is 10.2 Å². The normalized spacial score (nSPS) is 27.2. The van der Waals surface area contributed by atoms with Crippen molar-refractivity contribution < 1.29 is 4.42 Å². The molecule has 0 aliphatic carbocycles. The molecular weight excluding hydrogens is 204 g/mol. The molecule has 5 heteroatoms. The van der Waals surface area contributed by atoms with Gasteiger partial charge >= 0.3 is 0 Å². The minimum atomic E-state index is 0.275. The van der Waals surface area contributed by atoms with E-state index in [0.717, 1.165) is 32.5 Å². The highest BCUT2D eigenvalue weighted by atomic mass is 16.4. The Morgan fingerprint density at radius 3 is 2.75 bits per heavy atom. The molecule has 0 amide bonds. The molecular formula is C11H20N4O. The first-order chi connectivity index (χ1) is 7.67. The fourth-order valence-electron chi connectivity index (χ4n) is 2.33. The lowest BCUT2D eigenvalue weighted by atomic mass is 9.97. The van der Waals surface area contributed by atoms with E-state index in [9.17, 15) is 0 Å². The van der Waals surface area contributed by atoms with E-state index in [4.69, 9.17) is 10.2 Å². The number of hydrogen-bond acceptors (Lipinski definition) is 5. The largest absolute Gasteiger partial charge is 0.424 e. The fraction of sp³-hybridized carbons (Fsp3) is 0.818. The van der Waals surface area contributed by atoms with Gasteiger partial charge in [-0.2, -0.15) is 0 Å². The van der Waals surface area contributed by atoms with Crippen LogP contribution < -0.4 is 5.73 Å². The number of likely N-dealkylation sites (tertiary alicyclic amines) is 1. The number of piperidine rings is 1. The molecule has 16 heavy (non-hydrogen) atoms. The molecule has 1 aliphatic rings. The average Bonchev–Trinajstić information content (AvgIpc) is 2.64. The van der Waals surface area contributed by atoms with E-state index in [0.29, 0.717) is 17.7 Å². The van der Waals surface area contributed by atoms with E-state index in [1.165, 1.54) is 0 Å². The Balaban J connectivity index is 1.93. The van der Waals surface area contributed by atoms with Crippen LogP contribution in [0.15, 0.2) is 4.42 Å². The summed E-state index contributed by atoms with van der Waals surface area (Å²) in [6.45, 7) is 6.96. The van der Waals surface area contributed by atoms with E-state index in [1.807, 2.05) is 6.92 Å². The molecule has 0 saturated carbocycles. The van der Waals surface area contributed by atoms with Gasteiger partial charge in [-0.1, -0.05) is 13.8 Å². The maximum Gasteiger partial charge on any atom is 0.230 e. The quantitative estimate of drug-likeness (QED) is 0.822. The Hall–Kier alpha value is -0.940. The number of hydrogen-bond donors (Lipinski definition) is 1. The van der Waals surface area contributed by atoms with E-state index in [2.05, 4.69) is 22.0 Å². The monoisotopic (exact) mass is 224 g/mol. The molecule has 0 radical (unpaired) electrons. The second-order valence-electron chi connectivity index (χ2n) is 4.74. The summed E-state index contributed by atoms with van der Waals surface area (Å²) in [5, 5.41) is 8.00. The van der Waals surface area contributed by atoms with Crippen molar-refractivity contribution in [2.75, 3.05) is 13.1 Å². The van der Waals surface area contributed by atoms with Crippen molar-refractivity contribution in [3.63, 3.8) is 0 Å². The third-order valence-corrected chi connectivity index (χ3v) is 2.94. The smallest absolute Gasteiger partial charge is 0.230 e. The SMILES string of the molecule is CCc1nnc(CN2CC(C)CC(N)C2)o1. The molecule has 90 valence electrons. The highest BCUT2D eigenvalue weighted by Gasteiger charge is 2.23. The Morgan fingerprint density at radius 1 is 1.38 bits per heavy atom. The molecule has 5 nitrogen and oxygen atoms in total. The predicted octanol–water partition coefficient (Wildman–Crippen LogP) is 0.801. The van der Waals surface area contributed by atoms with Gasteiger partial charge in [-0.25, -0.2) is 0 Å². The molecule has 1 aromatic rings. The minimum Gasteiger partial charge on any atom is -0.424 e. The van der Waals surface area contributed by atoms with E-state index >= 15 is 0 Å². The van der Waals surface area contributed by atoms with Gasteiger partial charge in [0, 0.05) is 25.6 Å². The summed E-state index contributed by atoms with van der Waals surface area (Å²) in [6.07, 6.45) is 1.91. The van der Waals surface area contributed by atoms with Crippen LogP contribution in [0.2, 0.25) is 0 Å². The second-order valence-corrected chi connectivity index (χ2v) is 4.74. The summed E-state index contributed by atoms with van der Waals surface area (Å²) >= 11 is 0. The number of nitrogens with two attached hydrogens (primary N) is 1. The van der Waals surface area contributed by atoms with Crippen LogP contribution in [0.3, 0.4) is 0 Å². The van der Waals surface area contributed by atoms with Gasteiger partial charge in [-0.3, -0.25) is 4.90 Å². The van der Waals surface area contributed by atoms with Crippen LogP contribution in [-0.4, -0.2) is 34.2 Å². The lowest BCUT2D eigenvalue weighted by Gasteiger charge is -2.33. The highest BCUT2D eigenvalue weighted by Crippen LogP contribution is 2.16. The average molecular weight is 224 g/mol. The lowest BCUT2D eigenvalue weighted by Crippen LogP contribution is -2.45. The third-order valence-electron chi connectivity index (χ3n) is 2.94. The van der Waals surface area contributed by atoms with Crippen molar-refractivity contribution in [3.8, 4) is 0 Å². The van der Waals surface area contributed by atoms with E-state index in [1.54, 1.807) is 0 Å². The fourth-order valence-corrected chi connectivity index (χ4v) is 2.33. The summed E-state index contributed by atoms with van der Waals surface area (Å²) in [7, 11) is 0. The van der Waals surface area contributed by atoms with Crippen molar-refractivity contribution in [1.29, 1.82) is 0 Å². The Labute approximate surface area is 96.0 Å². The van der Waals surface area contributed by atoms with Crippen molar-refractivity contribution in [3.05, 3.63) is 11.8 Å². The van der Waals surface area contributed by atoms with Gasteiger partial charge in [-0.15, -0.1) is 10.2 Å². The van der Waals surface area contributed by atoms with Crippen LogP contribution in [0.5, 0.6) is 0 Å². The standard InChI is InChI=1S/C11H20N4O/c1-3-10-13-14-11(16-10)7-15-5-8(2)4-9(12)6-15/h8-9H,3-7,12H2,1-2H3. The lowest BCUT2D eigenvalue weighted by molar-refractivity contribution is 0.145. The van der Waals surface area contributed by atoms with E-state index in [-0.39, 0.29) is 6.04 Å². The van der Waals surface area contributed by atoms with Crippen LogP contribution in [0.1, 0.15) is 32.0 Å². The number of aromatic nitrogens is 2. The number of rotatable bonds is 3. The van der Waals surface area contributed by atoms with Crippen molar-refractivity contribution in [2.24, 2.45) is 11.7 Å². The summed E-state index contributed by atoms with van der Waals surface area (Å²) in [4.78, 5) is 2.30. The van der Waals surface area contributed by atoms with Crippen LogP contribution >= 0.6 is 0 Å². The minimum absolute atomic E-state index is 0.275. The van der Waals surface area contributed by atoms with Gasteiger partial charge in [0.05, 0.1) is 6.54 Å². The maximum absolute atomic E-state index is 5.99. The van der Waals surface area contributed by atoms with Gasteiger partial charge in [0.25, 0.3) is 0 Å². The van der Waals surface area contributed by atoms with Crippen molar-refractivity contribution in [1.82, 2.24) is 15.1 Å². The summed E-state index contributed by atoms with van der Waals surface area (Å²) in [5.41, 5.74) is 5.99. The van der Waals surface area contributed by atoms with Gasteiger partial charge in [0.2, 0.25) is 11.8 Å². The van der Waals surface area contributed by atoms with Crippen LogP contribution in [0.25, 0.3) is 0 Å². The van der Waals surface area contributed by atoms with E-state index < -0.39 is 0 Å². The van der Waals surface area contributed by atoms with Gasteiger partial charge in [-0.05, 0) is 12.3 Å². The molecule has 2 rings (SSSR count). The summed E-state index contributed by atoms with van der Waals surface area (Å²) in [5.74, 6) is 2.07. The zero-order valence-corrected chi connectivity index (χ0v) is 10.0. The molecule has 1 saturated heterocycles. The predicted molar refractivity (Wildman–Crippen MR) is 60.7 cm³/mol. The van der Waals surface area contributed by atoms with Crippen molar-refractivity contribution >= 4 is 0 Å². The molecule has 1 aromatic heterocycles. The molecule has 1 aliphatic heterocycles. The Morgan fingerprint density at radius 2 is 2.12 bits per heavy atom. The van der Waals surface area contributed by atoms with Crippen LogP contribution in [0.4, 0.5) is 0 Å². The summed E-state index contributed by atoms with van der Waals surface area (Å²) < 4.78 is 5.50. The molecule has 1 fully saturated rings. The zero-order chi connectivity index (χ0) is 11.5. The first-order valence-electron chi connectivity index (χ1n) is 5.96. The Kier molecular flexibility index (Phi) is 3.56. The molecule has 0 aromatic carbocycles. The van der Waals surface area contributed by atoms with Crippen LogP contribution in [0, 0.1) is 5.92 Å². The van der Waals surface area contributed by atoms with Crippen molar-refractivity contribution in [2.45, 2.75) is 39.3 Å². The first kappa shape index (κ1) is 11.5. The zero-order valence-electron chi connectivity index (χ0n) is 10.0. The van der Waals surface area contributed by atoms with Gasteiger partial charge in [0.1, 0.15) is 0 Å². The molecule has 0 spiro atoms.